The number of amides is 2. The summed E-state index contributed by atoms with van der Waals surface area (Å²) in [5.41, 5.74) is 10.3. The zero-order valence-corrected chi connectivity index (χ0v) is 39.7. The minimum atomic E-state index is -5.58. The van der Waals surface area contributed by atoms with Crippen LogP contribution in [0, 0.1) is 5.41 Å². The number of anilines is 1. The summed E-state index contributed by atoms with van der Waals surface area (Å²) in [6, 6.07) is 0. The van der Waals surface area contributed by atoms with Gasteiger partial charge in [-0.1, -0.05) is 85.0 Å². The van der Waals surface area contributed by atoms with Crippen LogP contribution in [0.4, 0.5) is 5.82 Å². The number of unbranched alkanes of at least 4 members (excludes halogenated alkanes) is 10. The average Bonchev–Trinajstić information content (AvgIpc) is 3.76. The maximum atomic E-state index is 12.7. The fourth-order valence-electron chi connectivity index (χ4n) is 6.47. The number of phosphoric acid groups is 3. The predicted molar refractivity (Wildman–Crippen MR) is 232 cm³/mol. The molecule has 368 valence electrons. The Kier molecular flexibility index (Phi) is 22.6. The minimum absolute atomic E-state index is 0.0321. The van der Waals surface area contributed by atoms with Crippen LogP contribution in [0.2, 0.25) is 0 Å². The van der Waals surface area contributed by atoms with Crippen LogP contribution >= 0.6 is 35.2 Å². The topological polar surface area (TPSA) is 393 Å². The van der Waals surface area contributed by atoms with Gasteiger partial charge >= 0.3 is 23.5 Å². The first-order chi connectivity index (χ1) is 29.9. The lowest BCUT2D eigenvalue weighted by atomic mass is 9.87. The molecular formula is C35H65N8O17P3S. The molecule has 29 heteroatoms. The Morgan fingerprint density at radius 2 is 1.55 bits per heavy atom. The van der Waals surface area contributed by atoms with Gasteiger partial charge in [0, 0.05) is 30.7 Å². The Hall–Kier alpha value is -2.19. The first kappa shape index (κ1) is 56.1. The summed E-state index contributed by atoms with van der Waals surface area (Å²) in [4.78, 5) is 76.1. The molecule has 0 aliphatic carbocycles. The molecular weight excluding hydrogens is 929 g/mol. The van der Waals surface area contributed by atoms with Gasteiger partial charge in [-0.15, -0.1) is 11.8 Å². The second-order valence-corrected chi connectivity index (χ2v) is 21.7. The summed E-state index contributed by atoms with van der Waals surface area (Å²) in [5.74, 6) is -1.09. The lowest BCUT2D eigenvalue weighted by Gasteiger charge is -2.30. The van der Waals surface area contributed by atoms with Gasteiger partial charge in [0.05, 0.1) is 19.5 Å². The normalized spacial score (nSPS) is 21.5. The number of imidazole rings is 1. The second kappa shape index (κ2) is 25.8. The molecule has 1 fully saturated rings. The number of rotatable bonds is 32. The number of hydrogen-bond donors (Lipinski definition) is 11. The molecule has 2 aromatic rings. The van der Waals surface area contributed by atoms with E-state index in [9.17, 15) is 58.2 Å². The molecule has 1 aliphatic heterocycles. The van der Waals surface area contributed by atoms with Crippen LogP contribution < -0.4 is 22.1 Å². The maximum Gasteiger partial charge on any atom is 0.481 e. The van der Waals surface area contributed by atoms with E-state index in [0.717, 1.165) is 48.2 Å². The third-order valence-corrected chi connectivity index (χ3v) is 14.2. The number of aliphatic hydroxyl groups excluding tert-OH is 2. The number of aliphatic hydroxyl groups is 3. The molecule has 1 aliphatic rings. The molecule has 13 N–H and O–H groups in total. The van der Waals surface area contributed by atoms with Gasteiger partial charge in [0.2, 0.25) is 11.8 Å². The average molecular weight is 995 g/mol. The van der Waals surface area contributed by atoms with Gasteiger partial charge in [0.25, 0.3) is 0 Å². The Morgan fingerprint density at radius 1 is 0.938 bits per heavy atom. The van der Waals surface area contributed by atoms with Gasteiger partial charge in [-0.2, -0.15) is 4.31 Å². The van der Waals surface area contributed by atoms with Crippen molar-refractivity contribution in [2.24, 2.45) is 11.1 Å². The van der Waals surface area contributed by atoms with E-state index in [0.29, 0.717) is 12.2 Å². The number of nitrogens with two attached hydrogens (primary N) is 2. The van der Waals surface area contributed by atoms with Crippen LogP contribution in [0.1, 0.15) is 110 Å². The largest absolute Gasteiger partial charge is 0.481 e. The van der Waals surface area contributed by atoms with Gasteiger partial charge in [0.1, 0.15) is 36.3 Å². The fraction of sp³-hybridized carbons (Fsp3) is 0.800. The van der Waals surface area contributed by atoms with Crippen molar-refractivity contribution in [1.29, 1.82) is 0 Å². The third-order valence-electron chi connectivity index (χ3n) is 9.99. The summed E-state index contributed by atoms with van der Waals surface area (Å²) in [6.07, 6.45) is 6.46. The van der Waals surface area contributed by atoms with Gasteiger partial charge < -0.3 is 56.0 Å². The van der Waals surface area contributed by atoms with Crippen molar-refractivity contribution in [3.8, 4) is 0 Å². The van der Waals surface area contributed by atoms with Crippen LogP contribution in [-0.4, -0.2) is 128 Å². The predicted octanol–water partition coefficient (Wildman–Crippen LogP) is 2.44. The summed E-state index contributed by atoms with van der Waals surface area (Å²) in [6.45, 7) is 2.73. The van der Waals surface area contributed by atoms with E-state index in [4.69, 9.17) is 25.3 Å². The van der Waals surface area contributed by atoms with E-state index in [2.05, 4.69) is 41.3 Å². The molecule has 0 spiro atoms. The highest BCUT2D eigenvalue weighted by molar-refractivity contribution is 8.00. The van der Waals surface area contributed by atoms with Crippen molar-refractivity contribution in [2.45, 2.75) is 140 Å². The fourth-order valence-corrected chi connectivity index (χ4v) is 10.1. The van der Waals surface area contributed by atoms with E-state index < -0.39 is 89.6 Å². The van der Waals surface area contributed by atoms with Crippen LogP contribution in [0.15, 0.2) is 12.7 Å². The summed E-state index contributed by atoms with van der Waals surface area (Å²) in [7, 11) is -16.4. The van der Waals surface area contributed by atoms with Crippen LogP contribution in [-0.2, 0) is 45.9 Å². The highest BCUT2D eigenvalue weighted by atomic mass is 32.2. The molecule has 25 nitrogen and oxygen atoms in total. The molecule has 2 unspecified atom stereocenters. The molecule has 0 saturated carbocycles. The third kappa shape index (κ3) is 19.6. The number of hydrogen-bond acceptors (Lipinski definition) is 19. The zero-order valence-electron chi connectivity index (χ0n) is 36.2. The number of phosphoric ester groups is 3. The number of ether oxygens (including phenoxy) is 1. The molecule has 3 heterocycles. The Balaban J connectivity index is 1.37. The Labute approximate surface area is 375 Å². The smallest absolute Gasteiger partial charge is 0.386 e. The monoisotopic (exact) mass is 994 g/mol. The van der Waals surface area contributed by atoms with Crippen LogP contribution in [0.5, 0.6) is 0 Å². The molecule has 0 bridgehead atoms. The van der Waals surface area contributed by atoms with E-state index in [1.165, 1.54) is 65.2 Å². The number of thioether (sulfide) groups is 1. The standard InChI is InChI=1S/C35H65N8O17P3S/c1-4-5-6-7-8-9-10-11-12-13-14-16-35(37,48)64-19-18-38-25(44)15-17-39-32(47)29(46)34(2,3)21-57-63(54,55)60-62(52,53)56-20-24-28(59-61(49,50)51)27(45)33(58-24)43-23-42-26-30(36)40-22-41-31(26)43/h22-24,27-29,33,45-46,48H,4-21,37H2,1-3H3,(H,38,44)(H,39,47)(H,52,53)(H,54,55)(H2,36,40,41)(H2,49,50,51)/t24-,27-,28-,29+,33-,35-/m1/s1. The van der Waals surface area contributed by atoms with Crippen molar-refractivity contribution in [3.63, 3.8) is 0 Å². The molecule has 64 heavy (non-hydrogen) atoms. The first-order valence-electron chi connectivity index (χ1n) is 20.9. The molecule has 3 rings (SSSR count). The SMILES string of the molecule is CCCCCCCCCCCCC[C@@](N)(O)SCCNC(=O)CCNC(=O)[C@H](O)C(C)(C)COP(=O)(O)OP(=O)(O)OC[C@H]1O[C@@H](n2cnc3c(N)ncnc32)[C@H](O)[C@@H]1OP(=O)(O)O. The Bertz CT molecular complexity index is 1930. The van der Waals surface area contributed by atoms with Gasteiger partial charge in [-0.25, -0.2) is 28.6 Å². The quantitative estimate of drug-likeness (QED) is 0.0285. The molecule has 1 saturated heterocycles. The number of nitrogens with one attached hydrogen (secondary N) is 2. The van der Waals surface area contributed by atoms with Crippen LogP contribution in [0.25, 0.3) is 11.2 Å². The van der Waals surface area contributed by atoms with Crippen molar-refractivity contribution in [1.82, 2.24) is 30.2 Å². The van der Waals surface area contributed by atoms with E-state index in [-0.39, 0.29) is 36.5 Å². The number of carbonyl (C=O) groups excluding carboxylic acids is 2. The maximum absolute atomic E-state index is 12.7. The Morgan fingerprint density at radius 3 is 2.17 bits per heavy atom. The van der Waals surface area contributed by atoms with Crippen molar-refractivity contribution < 1.29 is 80.8 Å². The highest BCUT2D eigenvalue weighted by Gasteiger charge is 2.50. The number of nitrogens with zero attached hydrogens (tertiary/aromatic N) is 4. The van der Waals surface area contributed by atoms with E-state index in [1.54, 1.807) is 0 Å². The van der Waals surface area contributed by atoms with Gasteiger partial charge in [-0.05, 0) is 12.8 Å². The van der Waals surface area contributed by atoms with Gasteiger partial charge in [0.15, 0.2) is 22.7 Å². The summed E-state index contributed by atoms with van der Waals surface area (Å²) >= 11 is 1.13. The lowest BCUT2D eigenvalue weighted by Crippen LogP contribution is -2.46. The zero-order chi connectivity index (χ0) is 47.8. The number of carbonyl (C=O) groups is 2. The second-order valence-electron chi connectivity index (χ2n) is 16.0. The molecule has 8 atom stereocenters. The molecule has 0 aromatic carbocycles. The van der Waals surface area contributed by atoms with Crippen molar-refractivity contribution >= 4 is 64.0 Å². The summed E-state index contributed by atoms with van der Waals surface area (Å²) < 4.78 is 62.4. The number of aromatic nitrogens is 4. The lowest BCUT2D eigenvalue weighted by molar-refractivity contribution is -0.137. The number of nitrogen functional groups attached to an aromatic ring is 1. The van der Waals surface area contributed by atoms with Crippen LogP contribution in [0.3, 0.4) is 0 Å². The minimum Gasteiger partial charge on any atom is -0.386 e. The number of fused-ring (bicyclic) bond motifs is 1. The first-order valence-corrected chi connectivity index (χ1v) is 26.4. The van der Waals surface area contributed by atoms with Gasteiger partial charge in [-0.3, -0.25) is 33.5 Å². The molecule has 0 radical (unpaired) electrons. The molecule has 2 amide bonds. The highest BCUT2D eigenvalue weighted by Crippen LogP contribution is 2.61. The van der Waals surface area contributed by atoms with Crippen molar-refractivity contribution in [2.75, 3.05) is 37.8 Å². The van der Waals surface area contributed by atoms with Crippen molar-refractivity contribution in [3.05, 3.63) is 12.7 Å². The van der Waals surface area contributed by atoms with E-state index >= 15 is 0 Å². The molecule has 2 aromatic heterocycles. The van der Waals surface area contributed by atoms with E-state index in [1.807, 2.05) is 0 Å². The summed E-state index contributed by atoms with van der Waals surface area (Å²) in [5, 5.41) is 35.6.